The molecular formula is C12H13O2+. The molecule has 0 aliphatic carbocycles. The Hall–Kier alpha value is -1.57. The van der Waals surface area contributed by atoms with Crippen LogP contribution in [0, 0.1) is 13.8 Å². The highest BCUT2D eigenvalue weighted by atomic mass is 16.5. The molecule has 0 unspecified atom stereocenters. The third-order valence-corrected chi connectivity index (χ3v) is 2.31. The fraction of sp³-hybridized carbons (Fsp3) is 0.250. The number of rotatable bonds is 1. The number of benzene rings is 1. The Morgan fingerprint density at radius 2 is 1.93 bits per heavy atom. The molecule has 0 radical (unpaired) electrons. The highest BCUT2D eigenvalue weighted by Crippen LogP contribution is 2.24. The lowest BCUT2D eigenvalue weighted by molar-refractivity contribution is 0.415. The predicted molar refractivity (Wildman–Crippen MR) is 56.6 cm³/mol. The van der Waals surface area contributed by atoms with Gasteiger partial charge in [0, 0.05) is 11.5 Å². The maximum atomic E-state index is 5.53. The van der Waals surface area contributed by atoms with Crippen LogP contribution in [0.2, 0.25) is 0 Å². The molecule has 1 heterocycles. The maximum absolute atomic E-state index is 5.53. The van der Waals surface area contributed by atoms with E-state index < -0.39 is 0 Å². The molecule has 2 heteroatoms. The van der Waals surface area contributed by atoms with Gasteiger partial charge in [0.05, 0.1) is 26.3 Å². The van der Waals surface area contributed by atoms with Crippen LogP contribution in [0.5, 0.6) is 5.75 Å². The molecule has 0 aliphatic heterocycles. The molecule has 0 aliphatic rings. The highest BCUT2D eigenvalue weighted by Gasteiger charge is 2.11. The third kappa shape index (κ3) is 1.43. The molecule has 0 N–H and O–H groups in total. The second kappa shape index (κ2) is 3.29. The van der Waals surface area contributed by atoms with Crippen molar-refractivity contribution in [2.24, 2.45) is 0 Å². The molecule has 2 rings (SSSR count). The van der Waals surface area contributed by atoms with E-state index in [0.717, 1.165) is 22.7 Å². The van der Waals surface area contributed by atoms with Crippen LogP contribution < -0.4 is 4.74 Å². The van der Waals surface area contributed by atoms with E-state index in [2.05, 4.69) is 0 Å². The lowest BCUT2D eigenvalue weighted by atomic mass is 10.1. The largest absolute Gasteiger partial charge is 0.497 e. The van der Waals surface area contributed by atoms with E-state index in [1.807, 2.05) is 38.1 Å². The number of hydrogen-bond donors (Lipinski definition) is 0. The van der Waals surface area contributed by atoms with Crippen molar-refractivity contribution in [1.29, 1.82) is 0 Å². The summed E-state index contributed by atoms with van der Waals surface area (Å²) in [6, 6.07) is 8.03. The standard InChI is InChI=1S/C12H13O2/c1-8-6-10-4-5-11(13-3)7-12(10)9(2)14-8/h4-7H,1-3H3/q+1. The molecule has 0 fully saturated rings. The SMILES string of the molecule is COc1ccc2cc(C)[o+]c(C)c2c1. The Balaban J connectivity index is 2.75. The molecule has 0 spiro atoms. The summed E-state index contributed by atoms with van der Waals surface area (Å²) in [6.07, 6.45) is 0. The van der Waals surface area contributed by atoms with Gasteiger partial charge in [-0.3, -0.25) is 0 Å². The van der Waals surface area contributed by atoms with Gasteiger partial charge in [0.25, 0.3) is 0 Å². The summed E-state index contributed by atoms with van der Waals surface area (Å²) in [5.41, 5.74) is 0. The second-order valence-corrected chi connectivity index (χ2v) is 3.37. The van der Waals surface area contributed by atoms with Gasteiger partial charge in [0.2, 0.25) is 0 Å². The first-order valence-electron chi connectivity index (χ1n) is 4.59. The Bertz CT molecular complexity index is 475. The van der Waals surface area contributed by atoms with E-state index in [1.165, 1.54) is 5.39 Å². The van der Waals surface area contributed by atoms with Gasteiger partial charge >= 0.3 is 11.5 Å². The third-order valence-electron chi connectivity index (χ3n) is 2.31. The number of fused-ring (bicyclic) bond motifs is 1. The summed E-state index contributed by atoms with van der Waals surface area (Å²) in [5.74, 6) is 2.72. The molecule has 1 aromatic carbocycles. The zero-order valence-electron chi connectivity index (χ0n) is 8.63. The van der Waals surface area contributed by atoms with Crippen molar-refractivity contribution in [2.75, 3.05) is 7.11 Å². The number of hydrogen-bond acceptors (Lipinski definition) is 1. The highest BCUT2D eigenvalue weighted by molar-refractivity contribution is 5.85. The lowest BCUT2D eigenvalue weighted by Crippen LogP contribution is -1.85. The van der Waals surface area contributed by atoms with Crippen LogP contribution in [-0.4, -0.2) is 7.11 Å². The quantitative estimate of drug-likeness (QED) is 0.641. The van der Waals surface area contributed by atoms with E-state index >= 15 is 0 Å². The van der Waals surface area contributed by atoms with Crippen LogP contribution in [0.1, 0.15) is 11.5 Å². The minimum Gasteiger partial charge on any atom is -0.497 e. The topological polar surface area (TPSA) is 20.5 Å². The van der Waals surface area contributed by atoms with Gasteiger partial charge in [-0.2, -0.15) is 0 Å². The summed E-state index contributed by atoms with van der Waals surface area (Å²) in [7, 11) is 1.67. The van der Waals surface area contributed by atoms with Crippen LogP contribution in [0.25, 0.3) is 10.8 Å². The number of methoxy groups -OCH3 is 1. The summed E-state index contributed by atoms with van der Waals surface area (Å²) < 4.78 is 10.7. The molecule has 0 saturated carbocycles. The van der Waals surface area contributed by atoms with E-state index in [9.17, 15) is 0 Å². The normalized spacial score (nSPS) is 10.5. The molecule has 2 aromatic rings. The second-order valence-electron chi connectivity index (χ2n) is 3.37. The predicted octanol–water partition coefficient (Wildman–Crippen LogP) is 3.34. The van der Waals surface area contributed by atoms with Crippen molar-refractivity contribution in [3.05, 3.63) is 35.8 Å². The zero-order chi connectivity index (χ0) is 10.1. The van der Waals surface area contributed by atoms with Crippen molar-refractivity contribution in [2.45, 2.75) is 13.8 Å². The minimum atomic E-state index is 0.861. The Morgan fingerprint density at radius 3 is 2.64 bits per heavy atom. The molecule has 0 atom stereocenters. The van der Waals surface area contributed by atoms with E-state index in [1.54, 1.807) is 7.11 Å². The Kier molecular flexibility index (Phi) is 2.12. The van der Waals surface area contributed by atoms with Gasteiger partial charge in [-0.15, -0.1) is 0 Å². The van der Waals surface area contributed by atoms with Crippen molar-refractivity contribution in [3.8, 4) is 5.75 Å². The molecule has 0 bridgehead atoms. The fourth-order valence-electron chi connectivity index (χ4n) is 1.64. The fourth-order valence-corrected chi connectivity index (χ4v) is 1.64. The van der Waals surface area contributed by atoms with Gasteiger partial charge in [0.1, 0.15) is 5.75 Å². The molecule has 72 valence electrons. The van der Waals surface area contributed by atoms with Crippen molar-refractivity contribution in [1.82, 2.24) is 0 Å². The molecule has 2 nitrogen and oxygen atoms in total. The molecule has 1 aromatic heterocycles. The average Bonchev–Trinajstić information content (AvgIpc) is 2.17. The van der Waals surface area contributed by atoms with Crippen LogP contribution in [0.15, 0.2) is 28.7 Å². The Morgan fingerprint density at radius 1 is 1.14 bits per heavy atom. The Labute approximate surface area is 83.1 Å². The van der Waals surface area contributed by atoms with Gasteiger partial charge in [0.15, 0.2) is 0 Å². The van der Waals surface area contributed by atoms with Crippen LogP contribution >= 0.6 is 0 Å². The average molecular weight is 189 g/mol. The van der Waals surface area contributed by atoms with Crippen molar-refractivity contribution in [3.63, 3.8) is 0 Å². The summed E-state index contributed by atoms with van der Waals surface area (Å²) >= 11 is 0. The summed E-state index contributed by atoms with van der Waals surface area (Å²) in [6.45, 7) is 3.92. The number of ether oxygens (including phenoxy) is 1. The van der Waals surface area contributed by atoms with Crippen molar-refractivity contribution >= 4 is 10.8 Å². The summed E-state index contributed by atoms with van der Waals surface area (Å²) in [5, 5.41) is 2.29. The molecule has 0 amide bonds. The van der Waals surface area contributed by atoms with Crippen LogP contribution in [0.4, 0.5) is 0 Å². The van der Waals surface area contributed by atoms with E-state index in [-0.39, 0.29) is 0 Å². The van der Waals surface area contributed by atoms with Crippen LogP contribution in [-0.2, 0) is 0 Å². The van der Waals surface area contributed by atoms with Gasteiger partial charge in [-0.1, -0.05) is 6.07 Å². The smallest absolute Gasteiger partial charge is 0.334 e. The first-order valence-corrected chi connectivity index (χ1v) is 4.59. The van der Waals surface area contributed by atoms with Crippen molar-refractivity contribution < 1.29 is 9.15 Å². The monoisotopic (exact) mass is 189 g/mol. The van der Waals surface area contributed by atoms with Gasteiger partial charge in [-0.05, 0) is 12.1 Å². The number of aryl methyl sites for hydroxylation is 2. The van der Waals surface area contributed by atoms with Gasteiger partial charge in [-0.25, -0.2) is 4.42 Å². The molecule has 14 heavy (non-hydrogen) atoms. The zero-order valence-corrected chi connectivity index (χ0v) is 8.63. The lowest BCUT2D eigenvalue weighted by Gasteiger charge is -2.00. The molecule has 0 saturated heterocycles. The maximum Gasteiger partial charge on any atom is 0.334 e. The first kappa shape index (κ1) is 9.00. The van der Waals surface area contributed by atoms with E-state index in [4.69, 9.17) is 9.15 Å². The minimum absolute atomic E-state index is 0.861. The van der Waals surface area contributed by atoms with Gasteiger partial charge < -0.3 is 4.74 Å². The first-order chi connectivity index (χ1) is 6.70. The van der Waals surface area contributed by atoms with E-state index in [0.29, 0.717) is 0 Å². The summed E-state index contributed by atoms with van der Waals surface area (Å²) in [4.78, 5) is 0. The molecular weight excluding hydrogens is 176 g/mol. The van der Waals surface area contributed by atoms with Crippen LogP contribution in [0.3, 0.4) is 0 Å².